The van der Waals surface area contributed by atoms with Crippen LogP contribution in [0, 0.1) is 0 Å². The van der Waals surface area contributed by atoms with Crippen LogP contribution in [0.25, 0.3) is 0 Å². The zero-order valence-corrected chi connectivity index (χ0v) is 14.3. The number of ether oxygens (including phenoxy) is 1. The van der Waals surface area contributed by atoms with Gasteiger partial charge in [0.15, 0.2) is 0 Å². The second-order valence-corrected chi connectivity index (χ2v) is 5.96. The van der Waals surface area contributed by atoms with Crippen molar-refractivity contribution in [3.05, 3.63) is 65.2 Å². The molecule has 0 aliphatic heterocycles. The third-order valence-electron chi connectivity index (χ3n) is 3.63. The summed E-state index contributed by atoms with van der Waals surface area (Å²) in [6.07, 6.45) is -4.99. The average molecular weight is 365 g/mol. The highest BCUT2D eigenvalue weighted by Crippen LogP contribution is 2.29. The van der Waals surface area contributed by atoms with Crippen LogP contribution in [0.4, 0.5) is 18.9 Å². The minimum atomic E-state index is -4.49. The molecule has 138 valence electrons. The first kappa shape index (κ1) is 19.5. The lowest BCUT2D eigenvalue weighted by Gasteiger charge is -2.12. The van der Waals surface area contributed by atoms with Crippen LogP contribution in [-0.4, -0.2) is 26.0 Å². The van der Waals surface area contributed by atoms with Crippen molar-refractivity contribution in [2.75, 3.05) is 19.0 Å². The van der Waals surface area contributed by atoms with Crippen molar-refractivity contribution in [3.63, 3.8) is 0 Å². The first-order chi connectivity index (χ1) is 12.1. The van der Waals surface area contributed by atoms with Gasteiger partial charge in [0.2, 0.25) is 0 Å². The Morgan fingerprint density at radius 2 is 1.50 bits per heavy atom. The van der Waals surface area contributed by atoms with Gasteiger partial charge >= 0.3 is 18.1 Å². The van der Waals surface area contributed by atoms with Crippen molar-refractivity contribution in [3.8, 4) is 0 Å². The van der Waals surface area contributed by atoms with Crippen LogP contribution < -0.4 is 4.90 Å². The topological polar surface area (TPSA) is 46.6 Å². The standard InChI is InChI=1S/C19H18F3NO3/c1-23(2)16-8-6-13(7-9-16)11-17(24)26-18(25)12-14-4-3-5-15(10-14)19(20,21)22/h3-10H,11-12H2,1-2H3. The number of carbonyl (C=O) groups is 2. The molecular formula is C19H18F3NO3. The van der Waals surface area contributed by atoms with Crippen LogP contribution >= 0.6 is 0 Å². The van der Waals surface area contributed by atoms with Crippen molar-refractivity contribution >= 4 is 17.6 Å². The van der Waals surface area contributed by atoms with Crippen molar-refractivity contribution in [2.45, 2.75) is 19.0 Å². The highest BCUT2D eigenvalue weighted by molar-refractivity contribution is 5.87. The number of benzene rings is 2. The summed E-state index contributed by atoms with van der Waals surface area (Å²) >= 11 is 0. The molecule has 0 N–H and O–H groups in total. The fraction of sp³-hybridized carbons (Fsp3) is 0.263. The summed E-state index contributed by atoms with van der Waals surface area (Å²) in [5, 5.41) is 0. The summed E-state index contributed by atoms with van der Waals surface area (Å²) in [6, 6.07) is 11.5. The van der Waals surface area contributed by atoms with Gasteiger partial charge in [-0.3, -0.25) is 9.59 Å². The van der Waals surface area contributed by atoms with E-state index in [0.717, 1.165) is 17.8 Å². The van der Waals surface area contributed by atoms with Gasteiger partial charge in [-0.1, -0.05) is 30.3 Å². The van der Waals surface area contributed by atoms with Crippen molar-refractivity contribution < 1.29 is 27.5 Å². The molecule has 2 aromatic carbocycles. The van der Waals surface area contributed by atoms with Crippen LogP contribution in [0.1, 0.15) is 16.7 Å². The largest absolute Gasteiger partial charge is 0.416 e. The van der Waals surface area contributed by atoms with Crippen LogP contribution in [0.2, 0.25) is 0 Å². The van der Waals surface area contributed by atoms with Crippen LogP contribution in [0.15, 0.2) is 48.5 Å². The number of alkyl halides is 3. The van der Waals surface area contributed by atoms with Crippen molar-refractivity contribution in [1.29, 1.82) is 0 Å². The number of hydrogen-bond acceptors (Lipinski definition) is 4. The Labute approximate surface area is 149 Å². The van der Waals surface area contributed by atoms with Gasteiger partial charge in [0.25, 0.3) is 0 Å². The number of anilines is 1. The van der Waals surface area contributed by atoms with Gasteiger partial charge in [-0.2, -0.15) is 13.2 Å². The van der Waals surface area contributed by atoms with E-state index in [1.807, 2.05) is 31.1 Å². The first-order valence-corrected chi connectivity index (χ1v) is 7.81. The molecule has 2 rings (SSSR count). The number of esters is 2. The third-order valence-corrected chi connectivity index (χ3v) is 3.63. The maximum Gasteiger partial charge on any atom is 0.416 e. The minimum absolute atomic E-state index is 0.0952. The normalized spacial score (nSPS) is 11.1. The van der Waals surface area contributed by atoms with Gasteiger partial charge in [-0.15, -0.1) is 0 Å². The van der Waals surface area contributed by atoms with E-state index < -0.39 is 30.1 Å². The molecule has 26 heavy (non-hydrogen) atoms. The molecule has 0 fully saturated rings. The number of halogens is 3. The van der Waals surface area contributed by atoms with E-state index in [4.69, 9.17) is 4.74 Å². The molecule has 0 aliphatic carbocycles. The van der Waals surface area contributed by atoms with Gasteiger partial charge in [0.1, 0.15) is 0 Å². The average Bonchev–Trinajstić information content (AvgIpc) is 2.54. The second kappa shape index (κ2) is 8.03. The summed E-state index contributed by atoms with van der Waals surface area (Å²) in [4.78, 5) is 25.5. The van der Waals surface area contributed by atoms with Crippen LogP contribution in [-0.2, 0) is 33.3 Å². The van der Waals surface area contributed by atoms with E-state index >= 15 is 0 Å². The van der Waals surface area contributed by atoms with Gasteiger partial charge < -0.3 is 9.64 Å². The van der Waals surface area contributed by atoms with E-state index in [2.05, 4.69) is 0 Å². The lowest BCUT2D eigenvalue weighted by atomic mass is 10.1. The summed E-state index contributed by atoms with van der Waals surface area (Å²) in [6.45, 7) is 0. The SMILES string of the molecule is CN(C)c1ccc(CC(=O)OC(=O)Cc2cccc(C(F)(F)F)c2)cc1. The number of hydrogen-bond donors (Lipinski definition) is 0. The van der Waals surface area contributed by atoms with Crippen LogP contribution in [0.5, 0.6) is 0 Å². The smallest absolute Gasteiger partial charge is 0.393 e. The zero-order valence-electron chi connectivity index (χ0n) is 14.3. The molecule has 0 unspecified atom stereocenters. The lowest BCUT2D eigenvalue weighted by molar-refractivity contribution is -0.158. The monoisotopic (exact) mass is 365 g/mol. The summed E-state index contributed by atoms with van der Waals surface area (Å²) in [5.41, 5.74) is 0.915. The van der Waals surface area contributed by atoms with Gasteiger partial charge in [-0.25, -0.2) is 0 Å². The van der Waals surface area contributed by atoms with Crippen molar-refractivity contribution in [1.82, 2.24) is 0 Å². The Balaban J connectivity index is 1.92. The Morgan fingerprint density at radius 3 is 2.04 bits per heavy atom. The maximum absolute atomic E-state index is 12.7. The molecule has 0 spiro atoms. The molecule has 0 amide bonds. The molecule has 0 atom stereocenters. The highest BCUT2D eigenvalue weighted by Gasteiger charge is 2.30. The van der Waals surface area contributed by atoms with E-state index in [9.17, 15) is 22.8 Å². The zero-order chi connectivity index (χ0) is 19.3. The van der Waals surface area contributed by atoms with E-state index in [-0.39, 0.29) is 12.0 Å². The Hall–Kier alpha value is -2.83. The van der Waals surface area contributed by atoms with E-state index in [0.29, 0.717) is 5.56 Å². The summed E-state index contributed by atoms with van der Waals surface area (Å²) in [5.74, 6) is -1.64. The Kier molecular flexibility index (Phi) is 6.02. The molecule has 0 saturated heterocycles. The van der Waals surface area contributed by atoms with Gasteiger partial charge in [-0.05, 0) is 29.3 Å². The van der Waals surface area contributed by atoms with E-state index in [1.54, 1.807) is 12.1 Å². The number of nitrogens with zero attached hydrogens (tertiary/aromatic N) is 1. The maximum atomic E-state index is 12.7. The fourth-order valence-electron chi connectivity index (χ4n) is 2.30. The Bertz CT molecular complexity index is 783. The molecule has 0 radical (unpaired) electrons. The van der Waals surface area contributed by atoms with Crippen LogP contribution in [0.3, 0.4) is 0 Å². The molecular weight excluding hydrogens is 347 g/mol. The molecule has 0 aliphatic rings. The van der Waals surface area contributed by atoms with Crippen molar-refractivity contribution in [2.24, 2.45) is 0 Å². The minimum Gasteiger partial charge on any atom is -0.393 e. The Morgan fingerprint density at radius 1 is 0.923 bits per heavy atom. The lowest BCUT2D eigenvalue weighted by Crippen LogP contribution is -2.17. The molecule has 0 saturated carbocycles. The first-order valence-electron chi connectivity index (χ1n) is 7.81. The van der Waals surface area contributed by atoms with Gasteiger partial charge in [0, 0.05) is 19.8 Å². The van der Waals surface area contributed by atoms with E-state index in [1.165, 1.54) is 12.1 Å². The predicted molar refractivity (Wildman–Crippen MR) is 90.7 cm³/mol. The third kappa shape index (κ3) is 5.61. The molecule has 7 heteroatoms. The molecule has 0 aromatic heterocycles. The molecule has 0 heterocycles. The quantitative estimate of drug-likeness (QED) is 0.600. The predicted octanol–water partition coefficient (Wildman–Crippen LogP) is 3.63. The summed E-state index contributed by atoms with van der Waals surface area (Å²) in [7, 11) is 3.77. The highest BCUT2D eigenvalue weighted by atomic mass is 19.4. The molecule has 4 nitrogen and oxygen atoms in total. The number of carbonyl (C=O) groups excluding carboxylic acids is 2. The molecule has 2 aromatic rings. The fourth-order valence-corrected chi connectivity index (χ4v) is 2.30. The van der Waals surface area contributed by atoms with Gasteiger partial charge in [0.05, 0.1) is 18.4 Å². The second-order valence-electron chi connectivity index (χ2n) is 5.96. The molecule has 0 bridgehead atoms. The summed E-state index contributed by atoms with van der Waals surface area (Å²) < 4.78 is 42.7. The number of rotatable bonds is 5.